The Kier molecular flexibility index (Phi) is 5.19. The highest BCUT2D eigenvalue weighted by molar-refractivity contribution is 9.10. The van der Waals surface area contributed by atoms with Gasteiger partial charge in [-0.1, -0.05) is 45.7 Å². The van der Waals surface area contributed by atoms with Crippen LogP contribution >= 0.6 is 39.3 Å². The van der Waals surface area contributed by atoms with Crippen molar-refractivity contribution in [2.45, 2.75) is 17.2 Å². The monoisotopic (exact) mass is 445 g/mol. The Morgan fingerprint density at radius 2 is 1.92 bits per heavy atom. The fraction of sp³-hybridized carbons (Fsp3) is 0.111. The number of rotatable bonds is 5. The van der Waals surface area contributed by atoms with Crippen LogP contribution in [0.15, 0.2) is 64.0 Å². The zero-order valence-corrected chi connectivity index (χ0v) is 16.7. The molecule has 2 aromatic heterocycles. The molecule has 8 heteroatoms. The van der Waals surface area contributed by atoms with Gasteiger partial charge in [-0.3, -0.25) is 0 Å². The molecule has 4 aromatic rings. The molecule has 0 unspecified atom stereocenters. The molecule has 0 aliphatic carbocycles. The van der Waals surface area contributed by atoms with Crippen molar-refractivity contribution in [2.75, 3.05) is 0 Å². The molecule has 5 nitrogen and oxygen atoms in total. The van der Waals surface area contributed by atoms with E-state index in [1.807, 2.05) is 42.5 Å². The van der Waals surface area contributed by atoms with Gasteiger partial charge in [0.05, 0.1) is 17.8 Å². The van der Waals surface area contributed by atoms with Crippen molar-refractivity contribution in [3.63, 3.8) is 0 Å². The van der Waals surface area contributed by atoms with E-state index in [0.29, 0.717) is 17.5 Å². The average Bonchev–Trinajstić information content (AvgIpc) is 3.09. The molecule has 0 aliphatic heterocycles. The summed E-state index contributed by atoms with van der Waals surface area (Å²) in [5.41, 5.74) is 1.74. The van der Waals surface area contributed by atoms with E-state index in [9.17, 15) is 0 Å². The van der Waals surface area contributed by atoms with E-state index in [2.05, 4.69) is 48.6 Å². The maximum Gasteiger partial charge on any atom is 0.161 e. The first-order chi connectivity index (χ1) is 12.7. The smallest absolute Gasteiger partial charge is 0.161 e. The Hall–Kier alpha value is -1.96. The molecule has 0 fully saturated rings. The third-order valence-corrected chi connectivity index (χ3v) is 5.67. The first kappa shape index (κ1) is 17.5. The molecule has 0 N–H and O–H groups in total. The van der Waals surface area contributed by atoms with E-state index in [1.165, 1.54) is 4.90 Å². The molecule has 0 amide bonds. The molecule has 26 heavy (non-hydrogen) atoms. The van der Waals surface area contributed by atoms with Crippen molar-refractivity contribution < 1.29 is 0 Å². The minimum atomic E-state index is 0.469. The SMILES string of the molecule is Clc1nc2ccc(Br)cc2cc1Cn1nnnc1CSc1ccccc1. The van der Waals surface area contributed by atoms with Crippen LogP contribution in [0.1, 0.15) is 11.4 Å². The van der Waals surface area contributed by atoms with E-state index >= 15 is 0 Å². The lowest BCUT2D eigenvalue weighted by molar-refractivity contribution is 0.630. The number of thioether (sulfide) groups is 1. The number of aromatic nitrogens is 5. The maximum atomic E-state index is 6.38. The second-order valence-corrected chi connectivity index (χ2v) is 7.95. The summed E-state index contributed by atoms with van der Waals surface area (Å²) in [5, 5.41) is 13.6. The molecule has 0 bridgehead atoms. The van der Waals surface area contributed by atoms with E-state index in [4.69, 9.17) is 11.6 Å². The summed E-state index contributed by atoms with van der Waals surface area (Å²) in [5.74, 6) is 1.48. The minimum Gasteiger partial charge on any atom is -0.236 e. The van der Waals surface area contributed by atoms with Gasteiger partial charge in [-0.2, -0.15) is 0 Å². The largest absolute Gasteiger partial charge is 0.236 e. The number of hydrogen-bond donors (Lipinski definition) is 0. The van der Waals surface area contributed by atoms with Crippen LogP contribution in [0.5, 0.6) is 0 Å². The van der Waals surface area contributed by atoms with Crippen LogP contribution in [0.2, 0.25) is 5.15 Å². The molecular weight excluding hydrogens is 434 g/mol. The molecule has 0 radical (unpaired) electrons. The fourth-order valence-corrected chi connectivity index (χ4v) is 3.99. The van der Waals surface area contributed by atoms with Crippen LogP contribution in [0, 0.1) is 0 Å². The Morgan fingerprint density at radius 3 is 2.77 bits per heavy atom. The lowest BCUT2D eigenvalue weighted by Crippen LogP contribution is -2.07. The van der Waals surface area contributed by atoms with E-state index in [-0.39, 0.29) is 0 Å². The first-order valence-electron chi connectivity index (χ1n) is 7.86. The highest BCUT2D eigenvalue weighted by Crippen LogP contribution is 2.25. The van der Waals surface area contributed by atoms with Gasteiger partial charge in [0.25, 0.3) is 0 Å². The van der Waals surface area contributed by atoms with Crippen molar-refractivity contribution in [2.24, 2.45) is 0 Å². The van der Waals surface area contributed by atoms with Crippen LogP contribution in [-0.2, 0) is 12.3 Å². The molecule has 0 saturated carbocycles. The molecule has 0 atom stereocenters. The van der Waals surface area contributed by atoms with Crippen LogP contribution in [0.4, 0.5) is 0 Å². The predicted molar refractivity (Wildman–Crippen MR) is 107 cm³/mol. The van der Waals surface area contributed by atoms with Crippen LogP contribution in [0.3, 0.4) is 0 Å². The third-order valence-electron chi connectivity index (χ3n) is 3.84. The topological polar surface area (TPSA) is 56.5 Å². The highest BCUT2D eigenvalue weighted by Gasteiger charge is 2.11. The van der Waals surface area contributed by atoms with Crippen molar-refractivity contribution in [3.05, 3.63) is 75.6 Å². The fourth-order valence-electron chi connectivity index (χ4n) is 2.55. The Labute approximate surface area is 167 Å². The number of fused-ring (bicyclic) bond motifs is 1. The predicted octanol–water partition coefficient (Wildman–Crippen LogP) is 4.98. The van der Waals surface area contributed by atoms with E-state index in [0.717, 1.165) is 26.8 Å². The summed E-state index contributed by atoms with van der Waals surface area (Å²) in [6.07, 6.45) is 0. The molecule has 0 spiro atoms. The van der Waals surface area contributed by atoms with Gasteiger partial charge in [0, 0.05) is 20.3 Å². The Bertz CT molecular complexity index is 1050. The summed E-state index contributed by atoms with van der Waals surface area (Å²) in [6.45, 7) is 0.478. The van der Waals surface area contributed by atoms with Gasteiger partial charge in [-0.25, -0.2) is 9.67 Å². The Balaban J connectivity index is 1.57. The molecule has 0 saturated heterocycles. The van der Waals surface area contributed by atoms with Crippen molar-refractivity contribution in [3.8, 4) is 0 Å². The molecule has 2 heterocycles. The van der Waals surface area contributed by atoms with Crippen molar-refractivity contribution in [1.82, 2.24) is 25.2 Å². The third kappa shape index (κ3) is 3.90. The number of benzene rings is 2. The quantitative estimate of drug-likeness (QED) is 0.320. The second kappa shape index (κ2) is 7.73. The van der Waals surface area contributed by atoms with Gasteiger partial charge in [-0.05, 0) is 46.8 Å². The van der Waals surface area contributed by atoms with Crippen LogP contribution < -0.4 is 0 Å². The van der Waals surface area contributed by atoms with Gasteiger partial charge in [0.15, 0.2) is 5.82 Å². The zero-order chi connectivity index (χ0) is 17.9. The van der Waals surface area contributed by atoms with Gasteiger partial charge >= 0.3 is 0 Å². The van der Waals surface area contributed by atoms with Gasteiger partial charge < -0.3 is 0 Å². The Morgan fingerprint density at radius 1 is 1.08 bits per heavy atom. The zero-order valence-electron chi connectivity index (χ0n) is 13.5. The molecule has 2 aromatic carbocycles. The number of halogens is 2. The van der Waals surface area contributed by atoms with Gasteiger partial charge in [0.1, 0.15) is 5.15 Å². The standard InChI is InChI=1S/C18H13BrClN5S/c19-14-6-7-16-12(9-14)8-13(18(20)21-16)10-25-17(22-23-24-25)11-26-15-4-2-1-3-5-15/h1-9H,10-11H2. The summed E-state index contributed by atoms with van der Waals surface area (Å²) in [6, 6.07) is 18.1. The van der Waals surface area contributed by atoms with Crippen LogP contribution in [0.25, 0.3) is 10.9 Å². The van der Waals surface area contributed by atoms with Gasteiger partial charge in [-0.15, -0.1) is 16.9 Å². The van der Waals surface area contributed by atoms with Crippen molar-refractivity contribution in [1.29, 1.82) is 0 Å². The number of nitrogens with zero attached hydrogens (tertiary/aromatic N) is 5. The normalized spacial score (nSPS) is 11.2. The minimum absolute atomic E-state index is 0.469. The van der Waals surface area contributed by atoms with E-state index in [1.54, 1.807) is 16.4 Å². The summed E-state index contributed by atoms with van der Waals surface area (Å²) in [4.78, 5) is 5.66. The first-order valence-corrected chi connectivity index (χ1v) is 10.0. The van der Waals surface area contributed by atoms with Gasteiger partial charge in [0.2, 0.25) is 0 Å². The summed E-state index contributed by atoms with van der Waals surface area (Å²) < 4.78 is 2.77. The van der Waals surface area contributed by atoms with E-state index < -0.39 is 0 Å². The summed E-state index contributed by atoms with van der Waals surface area (Å²) in [7, 11) is 0. The molecule has 4 rings (SSSR count). The van der Waals surface area contributed by atoms with Crippen molar-refractivity contribution >= 4 is 50.2 Å². The average molecular weight is 447 g/mol. The number of hydrogen-bond acceptors (Lipinski definition) is 5. The number of tetrazole rings is 1. The lowest BCUT2D eigenvalue weighted by atomic mass is 10.1. The molecular formula is C18H13BrClN5S. The van der Waals surface area contributed by atoms with Crippen LogP contribution in [-0.4, -0.2) is 25.2 Å². The second-order valence-electron chi connectivity index (χ2n) is 5.63. The maximum absolute atomic E-state index is 6.38. The number of pyridine rings is 1. The molecule has 0 aliphatic rings. The molecule has 130 valence electrons. The highest BCUT2D eigenvalue weighted by atomic mass is 79.9. The lowest BCUT2D eigenvalue weighted by Gasteiger charge is -2.08. The summed E-state index contributed by atoms with van der Waals surface area (Å²) >= 11 is 11.6.